The van der Waals surface area contributed by atoms with Crippen LogP contribution in [0.15, 0.2) is 18.2 Å². The molecule has 0 aliphatic carbocycles. The van der Waals surface area contributed by atoms with E-state index in [2.05, 4.69) is 52.8 Å². The van der Waals surface area contributed by atoms with Gasteiger partial charge in [0.2, 0.25) is 0 Å². The molecular weight excluding hydrogens is 267 g/mol. The summed E-state index contributed by atoms with van der Waals surface area (Å²) in [6.45, 7) is 11.1. The van der Waals surface area contributed by atoms with E-state index in [9.17, 15) is 0 Å². The van der Waals surface area contributed by atoms with E-state index in [4.69, 9.17) is 18.8 Å². The molecule has 0 bridgehead atoms. The first-order chi connectivity index (χ1) is 9.77. The number of methoxy groups -OCH3 is 1. The molecule has 1 heterocycles. The van der Waals surface area contributed by atoms with Crippen LogP contribution in [0.5, 0.6) is 0 Å². The van der Waals surface area contributed by atoms with Crippen LogP contribution in [-0.4, -0.2) is 32.2 Å². The Hall–Kier alpha value is -0.875. The maximum Gasteiger partial charge on any atom is 0.495 e. The molecule has 0 saturated carbocycles. The van der Waals surface area contributed by atoms with Crippen molar-refractivity contribution in [1.82, 2.24) is 0 Å². The van der Waals surface area contributed by atoms with Crippen LogP contribution in [0.25, 0.3) is 0 Å². The maximum atomic E-state index is 6.14. The van der Waals surface area contributed by atoms with Crippen molar-refractivity contribution in [1.29, 1.82) is 0 Å². The highest BCUT2D eigenvalue weighted by Gasteiger charge is 2.52. The summed E-state index contributed by atoms with van der Waals surface area (Å²) < 4.78 is 22.7. The zero-order valence-corrected chi connectivity index (χ0v) is 13.9. The molecule has 1 fully saturated rings. The molecular formula is C16H25BO4. The van der Waals surface area contributed by atoms with E-state index in [1.807, 2.05) is 0 Å². The van der Waals surface area contributed by atoms with Crippen LogP contribution in [0, 0.1) is 6.92 Å². The van der Waals surface area contributed by atoms with Gasteiger partial charge in [0.05, 0.1) is 17.8 Å². The highest BCUT2D eigenvalue weighted by atomic mass is 16.7. The summed E-state index contributed by atoms with van der Waals surface area (Å²) in [5, 5.41) is 0. The Morgan fingerprint density at radius 2 is 1.71 bits per heavy atom. The lowest BCUT2D eigenvalue weighted by atomic mass is 9.75. The van der Waals surface area contributed by atoms with Crippen molar-refractivity contribution in [2.75, 3.05) is 13.9 Å². The van der Waals surface area contributed by atoms with Crippen molar-refractivity contribution in [3.05, 3.63) is 29.3 Å². The van der Waals surface area contributed by atoms with E-state index in [-0.39, 0.29) is 25.1 Å². The summed E-state index contributed by atoms with van der Waals surface area (Å²) >= 11 is 0. The molecule has 0 aromatic heterocycles. The minimum atomic E-state index is -0.365. The molecule has 116 valence electrons. The molecule has 1 aromatic carbocycles. The van der Waals surface area contributed by atoms with Gasteiger partial charge in [-0.25, -0.2) is 0 Å². The minimum Gasteiger partial charge on any atom is -0.399 e. The quantitative estimate of drug-likeness (QED) is 0.474. The highest BCUT2D eigenvalue weighted by Crippen LogP contribution is 2.36. The molecule has 2 rings (SSSR count). The number of hydrogen-bond donors (Lipinski definition) is 0. The van der Waals surface area contributed by atoms with Crippen LogP contribution < -0.4 is 5.46 Å². The Morgan fingerprint density at radius 1 is 1.10 bits per heavy atom. The molecule has 0 spiro atoms. The first-order valence-electron chi connectivity index (χ1n) is 7.28. The van der Waals surface area contributed by atoms with E-state index in [0.717, 1.165) is 11.0 Å². The molecule has 0 unspecified atom stereocenters. The third kappa shape index (κ3) is 3.48. The number of hydrogen-bond acceptors (Lipinski definition) is 4. The number of rotatable bonds is 5. The zero-order chi connectivity index (χ0) is 15.7. The molecule has 1 aliphatic rings. The van der Waals surface area contributed by atoms with Gasteiger partial charge in [-0.3, -0.25) is 0 Å². The van der Waals surface area contributed by atoms with Crippen LogP contribution in [0.1, 0.15) is 38.8 Å². The van der Waals surface area contributed by atoms with Crippen LogP contribution in [0.2, 0.25) is 0 Å². The molecule has 0 atom stereocenters. The SMILES string of the molecule is COCOCc1ccc(C)cc1B1OC(C)(C)C(C)(C)O1. The van der Waals surface area contributed by atoms with E-state index >= 15 is 0 Å². The van der Waals surface area contributed by atoms with Gasteiger partial charge in [-0.2, -0.15) is 0 Å². The van der Waals surface area contributed by atoms with Crippen LogP contribution in [0.3, 0.4) is 0 Å². The molecule has 21 heavy (non-hydrogen) atoms. The second-order valence-corrected chi connectivity index (χ2v) is 6.55. The van der Waals surface area contributed by atoms with Crippen molar-refractivity contribution >= 4 is 12.6 Å². The molecule has 0 N–H and O–H groups in total. The smallest absolute Gasteiger partial charge is 0.399 e. The summed E-state index contributed by atoms with van der Waals surface area (Å²) in [7, 11) is 1.25. The van der Waals surface area contributed by atoms with Gasteiger partial charge in [0.15, 0.2) is 0 Å². The van der Waals surface area contributed by atoms with Crippen LogP contribution >= 0.6 is 0 Å². The Kier molecular flexibility index (Phi) is 4.78. The van der Waals surface area contributed by atoms with Crippen molar-refractivity contribution in [2.45, 2.75) is 52.4 Å². The van der Waals surface area contributed by atoms with Crippen LogP contribution in [-0.2, 0) is 25.4 Å². The van der Waals surface area contributed by atoms with E-state index in [1.165, 1.54) is 5.56 Å². The topological polar surface area (TPSA) is 36.9 Å². The second-order valence-electron chi connectivity index (χ2n) is 6.55. The molecule has 1 aromatic rings. The van der Waals surface area contributed by atoms with Gasteiger partial charge < -0.3 is 18.8 Å². The second kappa shape index (κ2) is 6.09. The van der Waals surface area contributed by atoms with Crippen molar-refractivity contribution < 1.29 is 18.8 Å². The fourth-order valence-corrected chi connectivity index (χ4v) is 2.27. The lowest BCUT2D eigenvalue weighted by Crippen LogP contribution is -2.41. The first kappa shape index (κ1) is 16.5. The summed E-state index contributed by atoms with van der Waals surface area (Å²) in [6, 6.07) is 6.24. The summed E-state index contributed by atoms with van der Waals surface area (Å²) in [5.41, 5.74) is 2.59. The van der Waals surface area contributed by atoms with E-state index < -0.39 is 0 Å². The van der Waals surface area contributed by atoms with Crippen molar-refractivity contribution in [2.24, 2.45) is 0 Å². The average Bonchev–Trinajstić information content (AvgIpc) is 2.60. The highest BCUT2D eigenvalue weighted by molar-refractivity contribution is 6.62. The minimum absolute atomic E-state index is 0.274. The Bertz CT molecular complexity index is 483. The largest absolute Gasteiger partial charge is 0.495 e. The molecule has 1 saturated heterocycles. The van der Waals surface area contributed by atoms with Gasteiger partial charge >= 0.3 is 7.12 Å². The first-order valence-corrected chi connectivity index (χ1v) is 7.28. The van der Waals surface area contributed by atoms with Crippen molar-refractivity contribution in [3.8, 4) is 0 Å². The van der Waals surface area contributed by atoms with Crippen LogP contribution in [0.4, 0.5) is 0 Å². The normalized spacial score (nSPS) is 20.0. The molecule has 1 aliphatic heterocycles. The van der Waals surface area contributed by atoms with Gasteiger partial charge in [0, 0.05) is 7.11 Å². The zero-order valence-electron chi connectivity index (χ0n) is 13.9. The molecule has 4 nitrogen and oxygen atoms in total. The van der Waals surface area contributed by atoms with E-state index in [1.54, 1.807) is 7.11 Å². The van der Waals surface area contributed by atoms with E-state index in [0.29, 0.717) is 6.61 Å². The van der Waals surface area contributed by atoms with Gasteiger partial charge in [-0.15, -0.1) is 0 Å². The predicted octanol–water partition coefficient (Wildman–Crippen LogP) is 2.41. The molecule has 5 heteroatoms. The standard InChI is InChI=1S/C16H25BO4/c1-12-7-8-13(10-19-11-18-6)14(9-12)17-20-15(2,3)16(4,5)21-17/h7-9H,10-11H2,1-6H3. The van der Waals surface area contributed by atoms with Gasteiger partial charge in [-0.05, 0) is 45.6 Å². The van der Waals surface area contributed by atoms with Crippen molar-refractivity contribution in [3.63, 3.8) is 0 Å². The number of aryl methyl sites for hydroxylation is 1. The fraction of sp³-hybridized carbons (Fsp3) is 0.625. The summed E-state index contributed by atoms with van der Waals surface area (Å²) in [6.07, 6.45) is 0. The summed E-state index contributed by atoms with van der Waals surface area (Å²) in [5.74, 6) is 0. The Labute approximate surface area is 127 Å². The number of benzene rings is 1. The predicted molar refractivity (Wildman–Crippen MR) is 83.6 cm³/mol. The average molecular weight is 292 g/mol. The molecule has 0 amide bonds. The lowest BCUT2D eigenvalue weighted by Gasteiger charge is -2.32. The van der Waals surface area contributed by atoms with Gasteiger partial charge in [-0.1, -0.05) is 23.8 Å². The lowest BCUT2D eigenvalue weighted by molar-refractivity contribution is -0.0388. The fourth-order valence-electron chi connectivity index (χ4n) is 2.27. The molecule has 0 radical (unpaired) electrons. The van der Waals surface area contributed by atoms with Gasteiger partial charge in [0.1, 0.15) is 6.79 Å². The third-order valence-corrected chi connectivity index (χ3v) is 4.27. The summed E-state index contributed by atoms with van der Waals surface area (Å²) in [4.78, 5) is 0. The van der Waals surface area contributed by atoms with Gasteiger partial charge in [0.25, 0.3) is 0 Å². The maximum absolute atomic E-state index is 6.14. The Morgan fingerprint density at radius 3 is 2.29 bits per heavy atom. The number of ether oxygens (including phenoxy) is 2. The third-order valence-electron chi connectivity index (χ3n) is 4.27. The monoisotopic (exact) mass is 292 g/mol. The Balaban J connectivity index is 2.25.